The number of aliphatic carboxylic acids is 1. The number of carbonyl (C=O) groups is 1. The Morgan fingerprint density at radius 1 is 1.33 bits per heavy atom. The fourth-order valence-electron chi connectivity index (χ4n) is 1.04. The highest BCUT2D eigenvalue weighted by molar-refractivity contribution is 6.92. The first-order valence-corrected chi connectivity index (χ1v) is 4.00. The second-order valence-corrected chi connectivity index (χ2v) is 2.97. The summed E-state index contributed by atoms with van der Waals surface area (Å²) in [5.41, 5.74) is 5.86. The van der Waals surface area contributed by atoms with Crippen molar-refractivity contribution in [2.45, 2.75) is 12.5 Å². The number of benzene rings is 1. The van der Waals surface area contributed by atoms with Crippen LogP contribution in [0.2, 0.25) is 0 Å². The number of nitrogens with two attached hydrogens (primary N) is 1. The number of aromatic hydroxyl groups is 2. The zero-order valence-corrected chi connectivity index (χ0v) is 9.47. The average molecular weight is 231 g/mol. The maximum Gasteiger partial charge on any atom is 0.320 e. The second-order valence-electron chi connectivity index (χ2n) is 2.97. The van der Waals surface area contributed by atoms with Crippen LogP contribution in [0.5, 0.6) is 11.5 Å². The molecule has 5 nitrogen and oxygen atoms in total. The highest BCUT2D eigenvalue weighted by Gasteiger charge is 2.12. The third-order valence-corrected chi connectivity index (χ3v) is 1.81. The van der Waals surface area contributed by atoms with Crippen molar-refractivity contribution in [1.29, 1.82) is 0 Å². The largest absolute Gasteiger partial charge is 0.504 e. The maximum absolute atomic E-state index is 10.4. The van der Waals surface area contributed by atoms with Gasteiger partial charge in [0.25, 0.3) is 0 Å². The van der Waals surface area contributed by atoms with E-state index in [1.165, 1.54) is 18.2 Å². The van der Waals surface area contributed by atoms with Crippen molar-refractivity contribution in [3.63, 3.8) is 0 Å². The first-order valence-electron chi connectivity index (χ1n) is 4.00. The quantitative estimate of drug-likeness (QED) is 0.436. The molecule has 84 valence electrons. The molecule has 0 heterocycles. The first-order chi connectivity index (χ1) is 6.50. The molecule has 1 aromatic carbocycles. The van der Waals surface area contributed by atoms with E-state index >= 15 is 0 Å². The number of carboxylic acids is 1. The Hall–Kier alpha value is -1.32. The van der Waals surface area contributed by atoms with E-state index in [0.717, 1.165) is 0 Å². The van der Waals surface area contributed by atoms with Crippen LogP contribution in [0.4, 0.5) is 0 Å². The van der Waals surface area contributed by atoms with Crippen LogP contribution in [0.15, 0.2) is 18.2 Å². The normalized spacial score (nSPS) is 11.5. The van der Waals surface area contributed by atoms with Crippen molar-refractivity contribution in [3.8, 4) is 11.5 Å². The lowest BCUT2D eigenvalue weighted by Crippen LogP contribution is -2.32. The topological polar surface area (TPSA) is 104 Å². The average Bonchev–Trinajstić information content (AvgIpc) is 2.11. The van der Waals surface area contributed by atoms with Crippen LogP contribution in [-0.2, 0) is 11.2 Å². The molecule has 0 aliphatic carbocycles. The summed E-state index contributed by atoms with van der Waals surface area (Å²) in [7, 11) is 0. The van der Waals surface area contributed by atoms with E-state index in [-0.39, 0.29) is 27.8 Å². The van der Waals surface area contributed by atoms with E-state index in [0.29, 0.717) is 5.56 Å². The van der Waals surface area contributed by atoms with Crippen LogP contribution in [0.1, 0.15) is 5.56 Å². The van der Waals surface area contributed by atoms with Gasteiger partial charge in [-0.2, -0.15) is 9.90 Å². The zero-order chi connectivity index (χ0) is 10.7. The number of phenolic OH excluding ortho intramolecular Hbond substituents is 2. The molecular weight excluding hydrogens is 217 g/mol. The Morgan fingerprint density at radius 3 is 2.40 bits per heavy atom. The Morgan fingerprint density at radius 2 is 1.93 bits per heavy atom. The fourth-order valence-corrected chi connectivity index (χ4v) is 1.04. The lowest BCUT2D eigenvalue weighted by molar-refractivity contribution is -0.138. The molecule has 0 fully saturated rings. The molecule has 0 radical (unpaired) electrons. The molecular formula is C9H14NO4P. The molecule has 0 aliphatic heterocycles. The van der Waals surface area contributed by atoms with Crippen LogP contribution in [0.3, 0.4) is 0 Å². The highest BCUT2D eigenvalue weighted by Crippen LogP contribution is 2.25. The summed E-state index contributed by atoms with van der Waals surface area (Å²) >= 11 is 0. The molecule has 0 saturated heterocycles. The summed E-state index contributed by atoms with van der Waals surface area (Å²) in [6.45, 7) is 0. The molecule has 2 atom stereocenters. The van der Waals surface area contributed by atoms with Gasteiger partial charge >= 0.3 is 5.97 Å². The summed E-state index contributed by atoms with van der Waals surface area (Å²) in [6, 6.07) is 3.09. The maximum atomic E-state index is 10.4. The summed E-state index contributed by atoms with van der Waals surface area (Å²) < 4.78 is 0. The smallest absolute Gasteiger partial charge is 0.320 e. The molecule has 15 heavy (non-hydrogen) atoms. The van der Waals surface area contributed by atoms with E-state index in [4.69, 9.17) is 21.1 Å². The van der Waals surface area contributed by atoms with Gasteiger partial charge in [0.2, 0.25) is 0 Å². The third kappa shape index (κ3) is 3.73. The molecule has 5 N–H and O–H groups in total. The minimum absolute atomic E-state index is 0. The molecule has 0 bridgehead atoms. The Bertz CT molecular complexity index is 356. The van der Waals surface area contributed by atoms with Crippen molar-refractivity contribution in [1.82, 2.24) is 0 Å². The Kier molecular flexibility index (Phi) is 5.05. The Labute approximate surface area is 90.2 Å². The molecule has 0 saturated carbocycles. The van der Waals surface area contributed by atoms with Gasteiger partial charge in [0, 0.05) is 0 Å². The van der Waals surface area contributed by atoms with E-state index in [2.05, 4.69) is 0 Å². The van der Waals surface area contributed by atoms with Crippen LogP contribution in [0, 0.1) is 0 Å². The van der Waals surface area contributed by atoms with Gasteiger partial charge < -0.3 is 21.1 Å². The van der Waals surface area contributed by atoms with Crippen molar-refractivity contribution >= 4 is 15.9 Å². The fraction of sp³-hybridized carbons (Fsp3) is 0.222. The highest BCUT2D eigenvalue weighted by atomic mass is 31.0. The van der Waals surface area contributed by atoms with Crippen LogP contribution in [0.25, 0.3) is 0 Å². The molecule has 6 heteroatoms. The summed E-state index contributed by atoms with van der Waals surface area (Å²) in [5, 5.41) is 26.6. The predicted molar refractivity (Wildman–Crippen MR) is 60.2 cm³/mol. The zero-order valence-electron chi connectivity index (χ0n) is 8.05. The monoisotopic (exact) mass is 231 g/mol. The lowest BCUT2D eigenvalue weighted by Gasteiger charge is -2.06. The van der Waals surface area contributed by atoms with Crippen molar-refractivity contribution in [3.05, 3.63) is 23.8 Å². The van der Waals surface area contributed by atoms with Gasteiger partial charge in [-0.15, -0.1) is 0 Å². The minimum Gasteiger partial charge on any atom is -0.504 e. The third-order valence-electron chi connectivity index (χ3n) is 1.81. The molecule has 1 aromatic rings. The lowest BCUT2D eigenvalue weighted by atomic mass is 10.1. The summed E-state index contributed by atoms with van der Waals surface area (Å²) in [5.74, 6) is -1.62. The van der Waals surface area contributed by atoms with Crippen molar-refractivity contribution < 1.29 is 20.1 Å². The van der Waals surface area contributed by atoms with Gasteiger partial charge in [-0.1, -0.05) is 6.07 Å². The van der Waals surface area contributed by atoms with E-state index in [1.54, 1.807) is 0 Å². The SMILES string of the molecule is N[C@@H](Cc1ccc(O)c(O)c1)C(=O)O.P. The number of phenols is 2. The van der Waals surface area contributed by atoms with Crippen LogP contribution < -0.4 is 5.73 Å². The van der Waals surface area contributed by atoms with E-state index in [1.807, 2.05) is 0 Å². The van der Waals surface area contributed by atoms with Gasteiger partial charge in [-0.25, -0.2) is 0 Å². The molecule has 0 aromatic heterocycles. The van der Waals surface area contributed by atoms with E-state index in [9.17, 15) is 4.79 Å². The number of hydrogen-bond acceptors (Lipinski definition) is 4. The summed E-state index contributed by atoms with van der Waals surface area (Å²) in [6.07, 6.45) is 0.114. The summed E-state index contributed by atoms with van der Waals surface area (Å²) in [4.78, 5) is 10.4. The molecule has 1 rings (SSSR count). The minimum atomic E-state index is -1.10. The standard InChI is InChI=1S/C9H11NO4.H3P/c10-6(9(13)14)3-5-1-2-7(11)8(12)4-5;/h1-2,4,6,11-12H,3,10H2,(H,13,14);1H3/t6-;/m0./s1. The predicted octanol–water partition coefficient (Wildman–Crippen LogP) is 0.110. The molecule has 1 unspecified atom stereocenters. The Balaban J connectivity index is 0.00000196. The van der Waals surface area contributed by atoms with Crippen molar-refractivity contribution in [2.24, 2.45) is 5.73 Å². The second kappa shape index (κ2) is 5.53. The van der Waals surface area contributed by atoms with Gasteiger partial charge in [0.15, 0.2) is 11.5 Å². The number of hydrogen-bond donors (Lipinski definition) is 4. The van der Waals surface area contributed by atoms with E-state index < -0.39 is 12.0 Å². The van der Waals surface area contributed by atoms with Gasteiger partial charge in [0.1, 0.15) is 6.04 Å². The van der Waals surface area contributed by atoms with Crippen LogP contribution >= 0.6 is 9.90 Å². The molecule has 0 amide bonds. The number of rotatable bonds is 3. The van der Waals surface area contributed by atoms with Gasteiger partial charge in [-0.05, 0) is 24.1 Å². The first kappa shape index (κ1) is 13.7. The van der Waals surface area contributed by atoms with Crippen molar-refractivity contribution in [2.75, 3.05) is 0 Å². The molecule has 0 aliphatic rings. The van der Waals surface area contributed by atoms with Gasteiger partial charge in [0.05, 0.1) is 0 Å². The van der Waals surface area contributed by atoms with Crippen LogP contribution in [-0.4, -0.2) is 27.3 Å². The van der Waals surface area contributed by atoms with Gasteiger partial charge in [-0.3, -0.25) is 4.79 Å². The number of carboxylic acid groups (broad SMARTS) is 1. The molecule has 0 spiro atoms.